The largest absolute Gasteiger partial charge is 0.300 e. The molecule has 0 atom stereocenters. The Morgan fingerprint density at radius 1 is 1.38 bits per heavy atom. The highest BCUT2D eigenvalue weighted by molar-refractivity contribution is 8.01. The summed E-state index contributed by atoms with van der Waals surface area (Å²) in [6.45, 7) is 1.87. The lowest BCUT2D eigenvalue weighted by Gasteiger charge is -2.23. The van der Waals surface area contributed by atoms with Crippen molar-refractivity contribution in [3.8, 4) is 0 Å². The van der Waals surface area contributed by atoms with Crippen LogP contribution >= 0.6 is 34.7 Å². The summed E-state index contributed by atoms with van der Waals surface area (Å²) in [6, 6.07) is 5.24. The van der Waals surface area contributed by atoms with E-state index in [-0.39, 0.29) is 23.4 Å². The van der Waals surface area contributed by atoms with Gasteiger partial charge >= 0.3 is 0 Å². The van der Waals surface area contributed by atoms with E-state index in [1.54, 1.807) is 18.2 Å². The van der Waals surface area contributed by atoms with Gasteiger partial charge in [0.15, 0.2) is 10.1 Å². The fourth-order valence-corrected chi connectivity index (χ4v) is 3.99. The number of carbonyl (C=O) groups is 2. The first-order valence-corrected chi connectivity index (χ1v) is 9.77. The molecule has 126 valence electrons. The van der Waals surface area contributed by atoms with Crippen LogP contribution in [0.25, 0.3) is 0 Å². The van der Waals surface area contributed by atoms with E-state index in [1.165, 1.54) is 23.1 Å². The summed E-state index contributed by atoms with van der Waals surface area (Å²) in [4.78, 5) is 24.1. The predicted octanol–water partition coefficient (Wildman–Crippen LogP) is 4.21. The summed E-state index contributed by atoms with van der Waals surface area (Å²) in [5.41, 5.74) is 1.51. The first-order valence-electron chi connectivity index (χ1n) is 7.59. The summed E-state index contributed by atoms with van der Waals surface area (Å²) in [7, 11) is 0. The SMILES string of the molecule is Cc1cc(C(=O)CSc2nnc(NC(=O)C3CCC3)s2)ccc1Cl. The third kappa shape index (κ3) is 4.15. The molecule has 24 heavy (non-hydrogen) atoms. The number of anilines is 1. The van der Waals surface area contributed by atoms with Gasteiger partial charge in [0.05, 0.1) is 5.75 Å². The number of ketones is 1. The Hall–Kier alpha value is -1.44. The second-order valence-electron chi connectivity index (χ2n) is 5.67. The summed E-state index contributed by atoms with van der Waals surface area (Å²) in [5.74, 6) is 0.406. The van der Waals surface area contributed by atoms with Gasteiger partial charge in [-0.15, -0.1) is 10.2 Å². The molecule has 1 aromatic heterocycles. The number of Topliss-reactive ketones (excluding diaryl/α,β-unsaturated/α-hetero) is 1. The van der Waals surface area contributed by atoms with Crippen molar-refractivity contribution in [1.82, 2.24) is 10.2 Å². The van der Waals surface area contributed by atoms with E-state index in [0.29, 0.717) is 20.1 Å². The van der Waals surface area contributed by atoms with E-state index in [4.69, 9.17) is 11.6 Å². The van der Waals surface area contributed by atoms with E-state index in [0.717, 1.165) is 24.8 Å². The molecular formula is C16H16ClN3O2S2. The quantitative estimate of drug-likeness (QED) is 0.461. The monoisotopic (exact) mass is 381 g/mol. The highest BCUT2D eigenvalue weighted by Gasteiger charge is 2.26. The minimum Gasteiger partial charge on any atom is -0.300 e. The van der Waals surface area contributed by atoms with Gasteiger partial charge in [0.2, 0.25) is 11.0 Å². The molecule has 0 bridgehead atoms. The normalized spacial score (nSPS) is 14.2. The number of nitrogens with zero attached hydrogens (tertiary/aromatic N) is 2. The fourth-order valence-electron chi connectivity index (χ4n) is 2.23. The molecule has 0 saturated heterocycles. The number of aryl methyl sites for hydroxylation is 1. The number of benzene rings is 1. The number of thioether (sulfide) groups is 1. The number of halogens is 1. The third-order valence-corrected chi connectivity index (χ3v) is 6.32. The molecule has 8 heteroatoms. The van der Waals surface area contributed by atoms with Crippen LogP contribution in [0.2, 0.25) is 5.02 Å². The number of amides is 1. The first kappa shape index (κ1) is 17.4. The van der Waals surface area contributed by atoms with E-state index < -0.39 is 0 Å². The first-order chi connectivity index (χ1) is 11.5. The van der Waals surface area contributed by atoms with Crippen molar-refractivity contribution in [2.45, 2.75) is 30.5 Å². The molecule has 0 spiro atoms. The van der Waals surface area contributed by atoms with Crippen LogP contribution in [0.4, 0.5) is 5.13 Å². The average molecular weight is 382 g/mol. The molecule has 2 aromatic rings. The van der Waals surface area contributed by atoms with Crippen molar-refractivity contribution < 1.29 is 9.59 Å². The van der Waals surface area contributed by atoms with Gasteiger partial charge in [0.25, 0.3) is 0 Å². The van der Waals surface area contributed by atoms with Crippen molar-refractivity contribution in [3.63, 3.8) is 0 Å². The molecule has 3 rings (SSSR count). The maximum atomic E-state index is 12.2. The van der Waals surface area contributed by atoms with Crippen molar-refractivity contribution in [2.75, 3.05) is 11.1 Å². The standard InChI is InChI=1S/C16H16ClN3O2S2/c1-9-7-11(5-6-12(9)17)13(21)8-23-16-20-19-15(24-16)18-14(22)10-3-2-4-10/h5-7,10H,2-4,8H2,1H3,(H,18,19,22). The van der Waals surface area contributed by atoms with Crippen LogP contribution in [-0.2, 0) is 4.79 Å². The van der Waals surface area contributed by atoms with E-state index >= 15 is 0 Å². The zero-order chi connectivity index (χ0) is 17.1. The fraction of sp³-hybridized carbons (Fsp3) is 0.375. The second kappa shape index (κ2) is 7.63. The van der Waals surface area contributed by atoms with Crippen molar-refractivity contribution in [3.05, 3.63) is 34.3 Å². The number of carbonyl (C=O) groups excluding carboxylic acids is 2. The third-order valence-electron chi connectivity index (χ3n) is 3.92. The van der Waals surface area contributed by atoms with Gasteiger partial charge in [-0.25, -0.2) is 0 Å². The number of nitrogens with one attached hydrogen (secondary N) is 1. The maximum absolute atomic E-state index is 12.2. The van der Waals surface area contributed by atoms with Crippen LogP contribution in [0, 0.1) is 12.8 Å². The number of hydrogen-bond donors (Lipinski definition) is 1. The second-order valence-corrected chi connectivity index (χ2v) is 8.27. The highest BCUT2D eigenvalue weighted by atomic mass is 35.5. The topological polar surface area (TPSA) is 72.0 Å². The molecule has 1 aromatic carbocycles. The Bertz CT molecular complexity index is 774. The minimum absolute atomic E-state index is 0.00928. The van der Waals surface area contributed by atoms with E-state index in [9.17, 15) is 9.59 Å². The Morgan fingerprint density at radius 3 is 2.83 bits per heavy atom. The molecule has 0 aliphatic heterocycles. The molecule has 0 unspecified atom stereocenters. The molecule has 1 amide bonds. The van der Waals surface area contributed by atoms with Crippen LogP contribution in [0.1, 0.15) is 35.2 Å². The van der Waals surface area contributed by atoms with Gasteiger partial charge in [-0.3, -0.25) is 9.59 Å². The van der Waals surface area contributed by atoms with Crippen LogP contribution in [0.5, 0.6) is 0 Å². The van der Waals surface area contributed by atoms with Crippen LogP contribution in [0.15, 0.2) is 22.5 Å². The van der Waals surface area contributed by atoms with Gasteiger partial charge in [0.1, 0.15) is 0 Å². The van der Waals surface area contributed by atoms with Gasteiger partial charge in [0, 0.05) is 16.5 Å². The zero-order valence-corrected chi connectivity index (χ0v) is 15.4. The smallest absolute Gasteiger partial charge is 0.229 e. The predicted molar refractivity (Wildman–Crippen MR) is 97.1 cm³/mol. The number of aromatic nitrogens is 2. The summed E-state index contributed by atoms with van der Waals surface area (Å²) in [5, 5.41) is 11.9. The highest BCUT2D eigenvalue weighted by Crippen LogP contribution is 2.30. The van der Waals surface area contributed by atoms with Gasteiger partial charge < -0.3 is 5.32 Å². The van der Waals surface area contributed by atoms with Crippen LogP contribution < -0.4 is 5.32 Å². The van der Waals surface area contributed by atoms with E-state index in [1.807, 2.05) is 6.92 Å². The molecule has 1 aliphatic rings. The minimum atomic E-state index is 0.00928. The molecule has 1 saturated carbocycles. The Kier molecular flexibility index (Phi) is 5.53. The summed E-state index contributed by atoms with van der Waals surface area (Å²) < 4.78 is 0.665. The average Bonchev–Trinajstić information content (AvgIpc) is 2.93. The lowest BCUT2D eigenvalue weighted by atomic mass is 9.85. The van der Waals surface area contributed by atoms with Crippen LogP contribution in [-0.4, -0.2) is 27.6 Å². The van der Waals surface area contributed by atoms with Crippen molar-refractivity contribution in [1.29, 1.82) is 0 Å². The maximum Gasteiger partial charge on any atom is 0.229 e. The Balaban J connectivity index is 1.53. The molecule has 1 fully saturated rings. The lowest BCUT2D eigenvalue weighted by Crippen LogP contribution is -2.27. The van der Waals surface area contributed by atoms with Crippen LogP contribution in [0.3, 0.4) is 0 Å². The van der Waals surface area contributed by atoms with Gasteiger partial charge in [-0.1, -0.05) is 41.1 Å². The Morgan fingerprint density at radius 2 is 2.17 bits per heavy atom. The molecular weight excluding hydrogens is 366 g/mol. The molecule has 1 aliphatic carbocycles. The van der Waals surface area contributed by atoms with E-state index in [2.05, 4.69) is 15.5 Å². The number of hydrogen-bond acceptors (Lipinski definition) is 6. The summed E-state index contributed by atoms with van der Waals surface area (Å²) in [6.07, 6.45) is 3.00. The molecule has 5 nitrogen and oxygen atoms in total. The zero-order valence-electron chi connectivity index (χ0n) is 13.0. The summed E-state index contributed by atoms with van der Waals surface area (Å²) >= 11 is 8.58. The molecule has 0 radical (unpaired) electrons. The lowest BCUT2D eigenvalue weighted by molar-refractivity contribution is -0.122. The molecule has 1 heterocycles. The molecule has 1 N–H and O–H groups in total. The van der Waals surface area contributed by atoms with Crippen molar-refractivity contribution in [2.24, 2.45) is 5.92 Å². The van der Waals surface area contributed by atoms with Crippen molar-refractivity contribution >= 4 is 51.5 Å². The Labute approximate surface area is 153 Å². The number of rotatable bonds is 6. The van der Waals surface area contributed by atoms with Gasteiger partial charge in [-0.05, 0) is 43.5 Å². The van der Waals surface area contributed by atoms with Gasteiger partial charge in [-0.2, -0.15) is 0 Å².